The summed E-state index contributed by atoms with van der Waals surface area (Å²) in [4.78, 5) is 28.8. The quantitative estimate of drug-likeness (QED) is 0.229. The number of carbonyl (C=O) groups excluding carboxylic acids is 2. The predicted molar refractivity (Wildman–Crippen MR) is 159 cm³/mol. The lowest BCUT2D eigenvalue weighted by atomic mass is 10.0. The molecule has 3 aromatic carbocycles. The van der Waals surface area contributed by atoms with E-state index in [1.54, 1.807) is 17.0 Å². The molecule has 0 bridgehead atoms. The largest absolute Gasteiger partial charge is 0.354 e. The summed E-state index contributed by atoms with van der Waals surface area (Å²) < 4.78 is 1.01. The smallest absolute Gasteiger partial charge is 0.243 e. The molecule has 0 aliphatic carbocycles. The lowest BCUT2D eigenvalue weighted by Gasteiger charge is -2.32. The third kappa shape index (κ3) is 9.68. The summed E-state index contributed by atoms with van der Waals surface area (Å²) in [5.41, 5.74) is 2.85. The Morgan fingerprint density at radius 2 is 1.68 bits per heavy atom. The molecule has 37 heavy (non-hydrogen) atoms. The SMILES string of the molecule is CC(C)CNC(=O)[C@@H](Cc1ccccc1)N(Cc1ccc(Cl)cc1Cl)C(=O)CSCc1ccc(Br)cc1. The zero-order valence-corrected chi connectivity index (χ0v) is 24.8. The molecule has 0 aliphatic rings. The average Bonchev–Trinajstić information content (AvgIpc) is 2.87. The van der Waals surface area contributed by atoms with Gasteiger partial charge in [0.05, 0.1) is 5.75 Å². The van der Waals surface area contributed by atoms with Crippen LogP contribution in [-0.2, 0) is 28.3 Å². The van der Waals surface area contributed by atoms with Crippen molar-refractivity contribution in [2.75, 3.05) is 12.3 Å². The summed E-state index contributed by atoms with van der Waals surface area (Å²) >= 11 is 17.6. The standard InChI is InChI=1S/C29H31BrCl2N2O2S/c1-20(2)16-33-29(36)27(14-21-6-4-3-5-7-21)34(17-23-10-13-25(31)15-26(23)32)28(35)19-37-18-22-8-11-24(30)12-9-22/h3-13,15,20,27H,14,16-19H2,1-2H3,(H,33,36)/t27-/m1/s1. The van der Waals surface area contributed by atoms with E-state index in [0.717, 1.165) is 21.2 Å². The highest BCUT2D eigenvalue weighted by Gasteiger charge is 2.30. The van der Waals surface area contributed by atoms with Crippen molar-refractivity contribution in [3.63, 3.8) is 0 Å². The maximum absolute atomic E-state index is 13.7. The number of carbonyl (C=O) groups is 2. The summed E-state index contributed by atoms with van der Waals surface area (Å²) in [6.45, 7) is 4.83. The van der Waals surface area contributed by atoms with Crippen molar-refractivity contribution in [2.45, 2.75) is 38.6 Å². The van der Waals surface area contributed by atoms with Gasteiger partial charge < -0.3 is 10.2 Å². The van der Waals surface area contributed by atoms with Gasteiger partial charge in [-0.1, -0.05) is 102 Å². The highest BCUT2D eigenvalue weighted by molar-refractivity contribution is 9.10. The molecule has 0 heterocycles. The predicted octanol–water partition coefficient (Wildman–Crippen LogP) is 7.40. The summed E-state index contributed by atoms with van der Waals surface area (Å²) in [5.74, 6) is 0.932. The van der Waals surface area contributed by atoms with Gasteiger partial charge in [0.25, 0.3) is 0 Å². The second kappa shape index (κ2) is 14.8. The second-order valence-electron chi connectivity index (χ2n) is 9.22. The molecule has 0 unspecified atom stereocenters. The van der Waals surface area contributed by atoms with Crippen LogP contribution in [0.1, 0.15) is 30.5 Å². The van der Waals surface area contributed by atoms with Crippen LogP contribution in [0.4, 0.5) is 0 Å². The molecule has 0 radical (unpaired) electrons. The molecular formula is C29H31BrCl2N2O2S. The maximum Gasteiger partial charge on any atom is 0.243 e. The fourth-order valence-electron chi connectivity index (χ4n) is 3.73. The van der Waals surface area contributed by atoms with Gasteiger partial charge in [0.2, 0.25) is 11.8 Å². The number of nitrogens with zero attached hydrogens (tertiary/aromatic N) is 1. The van der Waals surface area contributed by atoms with Crippen LogP contribution < -0.4 is 5.32 Å². The number of nitrogens with one attached hydrogen (secondary N) is 1. The van der Waals surface area contributed by atoms with Crippen molar-refractivity contribution in [1.82, 2.24) is 10.2 Å². The molecule has 2 amide bonds. The van der Waals surface area contributed by atoms with Crippen molar-refractivity contribution >= 4 is 62.7 Å². The summed E-state index contributed by atoms with van der Waals surface area (Å²) in [5, 5.41) is 4.02. The van der Waals surface area contributed by atoms with Crippen molar-refractivity contribution < 1.29 is 9.59 Å². The Labute approximate surface area is 242 Å². The molecule has 0 aromatic heterocycles. The zero-order chi connectivity index (χ0) is 26.8. The second-order valence-corrected chi connectivity index (χ2v) is 12.0. The van der Waals surface area contributed by atoms with Crippen molar-refractivity contribution in [3.05, 3.63) is 104 Å². The van der Waals surface area contributed by atoms with Crippen LogP contribution in [0.15, 0.2) is 77.3 Å². The van der Waals surface area contributed by atoms with Crippen LogP contribution in [0, 0.1) is 5.92 Å². The maximum atomic E-state index is 13.7. The van der Waals surface area contributed by atoms with Crippen LogP contribution >= 0.6 is 50.9 Å². The third-order valence-electron chi connectivity index (χ3n) is 5.72. The summed E-state index contributed by atoms with van der Waals surface area (Å²) in [7, 11) is 0. The van der Waals surface area contributed by atoms with E-state index in [0.29, 0.717) is 28.8 Å². The van der Waals surface area contributed by atoms with Gasteiger partial charge in [-0.2, -0.15) is 0 Å². The Balaban J connectivity index is 1.86. The van der Waals surface area contributed by atoms with E-state index < -0.39 is 6.04 Å². The van der Waals surface area contributed by atoms with Gasteiger partial charge in [-0.05, 0) is 46.9 Å². The first-order valence-corrected chi connectivity index (χ1v) is 14.8. The fourth-order valence-corrected chi connectivity index (χ4v) is 5.33. The molecule has 0 aliphatic heterocycles. The fraction of sp³-hybridized carbons (Fsp3) is 0.310. The van der Waals surface area contributed by atoms with Gasteiger partial charge in [0, 0.05) is 39.8 Å². The van der Waals surface area contributed by atoms with Gasteiger partial charge in [-0.15, -0.1) is 11.8 Å². The molecule has 3 aromatic rings. The number of hydrogen-bond acceptors (Lipinski definition) is 3. The van der Waals surface area contributed by atoms with Crippen molar-refractivity contribution in [1.29, 1.82) is 0 Å². The zero-order valence-electron chi connectivity index (χ0n) is 20.9. The normalized spacial score (nSPS) is 11.8. The lowest BCUT2D eigenvalue weighted by molar-refractivity contribution is -0.139. The summed E-state index contributed by atoms with van der Waals surface area (Å²) in [6, 6.07) is 22.3. The third-order valence-corrected chi connectivity index (χ3v) is 7.82. The van der Waals surface area contributed by atoms with Crippen molar-refractivity contribution in [2.24, 2.45) is 5.92 Å². The van der Waals surface area contributed by atoms with Crippen molar-refractivity contribution in [3.8, 4) is 0 Å². The summed E-state index contributed by atoms with van der Waals surface area (Å²) in [6.07, 6.45) is 0.402. The van der Waals surface area contributed by atoms with Crippen LogP contribution in [0.25, 0.3) is 0 Å². The molecule has 196 valence electrons. The van der Waals surface area contributed by atoms with Gasteiger partial charge in [0.1, 0.15) is 6.04 Å². The average molecular weight is 622 g/mol. The van der Waals surface area contributed by atoms with Gasteiger partial charge in [0.15, 0.2) is 0 Å². The molecule has 0 fully saturated rings. The highest BCUT2D eigenvalue weighted by atomic mass is 79.9. The van der Waals surface area contributed by atoms with E-state index >= 15 is 0 Å². The first kappa shape index (κ1) is 29.6. The van der Waals surface area contributed by atoms with Crippen LogP contribution in [0.5, 0.6) is 0 Å². The Morgan fingerprint density at radius 1 is 0.973 bits per heavy atom. The Bertz CT molecular complexity index is 1180. The molecule has 0 spiro atoms. The molecular weight excluding hydrogens is 591 g/mol. The highest BCUT2D eigenvalue weighted by Crippen LogP contribution is 2.25. The Hall–Kier alpha value is -1.99. The van der Waals surface area contributed by atoms with Crippen LogP contribution in [0.2, 0.25) is 10.0 Å². The van der Waals surface area contributed by atoms with E-state index in [-0.39, 0.29) is 30.0 Å². The van der Waals surface area contributed by atoms with Crippen LogP contribution in [0.3, 0.4) is 0 Å². The van der Waals surface area contributed by atoms with E-state index in [2.05, 4.69) is 21.2 Å². The number of halogens is 3. The van der Waals surface area contributed by atoms with E-state index in [9.17, 15) is 9.59 Å². The molecule has 1 atom stereocenters. The van der Waals surface area contributed by atoms with Crippen LogP contribution in [-0.4, -0.2) is 35.1 Å². The van der Waals surface area contributed by atoms with E-state index in [1.807, 2.05) is 74.5 Å². The number of benzene rings is 3. The number of amides is 2. The molecule has 8 heteroatoms. The molecule has 1 N–H and O–H groups in total. The number of hydrogen-bond donors (Lipinski definition) is 1. The minimum atomic E-state index is -0.686. The Morgan fingerprint density at radius 3 is 2.32 bits per heavy atom. The van der Waals surface area contributed by atoms with E-state index in [4.69, 9.17) is 23.2 Å². The number of rotatable bonds is 12. The van der Waals surface area contributed by atoms with Gasteiger partial charge >= 0.3 is 0 Å². The number of thioether (sulfide) groups is 1. The molecule has 0 saturated carbocycles. The minimum Gasteiger partial charge on any atom is -0.354 e. The first-order chi connectivity index (χ1) is 17.7. The lowest BCUT2D eigenvalue weighted by Crippen LogP contribution is -2.51. The molecule has 4 nitrogen and oxygen atoms in total. The van der Waals surface area contributed by atoms with E-state index in [1.165, 1.54) is 11.8 Å². The minimum absolute atomic E-state index is 0.117. The molecule has 0 saturated heterocycles. The monoisotopic (exact) mass is 620 g/mol. The Kier molecular flexibility index (Phi) is 11.8. The topological polar surface area (TPSA) is 49.4 Å². The van der Waals surface area contributed by atoms with Gasteiger partial charge in [-0.3, -0.25) is 9.59 Å². The first-order valence-electron chi connectivity index (χ1n) is 12.1. The van der Waals surface area contributed by atoms with Gasteiger partial charge in [-0.25, -0.2) is 0 Å². The molecule has 3 rings (SSSR count).